The van der Waals surface area contributed by atoms with E-state index in [1.807, 2.05) is 19.1 Å². The molecule has 178 valence electrons. The van der Waals surface area contributed by atoms with Crippen LogP contribution in [0.15, 0.2) is 41.3 Å². The van der Waals surface area contributed by atoms with Crippen LogP contribution in [0.1, 0.15) is 41.1 Å². The Morgan fingerprint density at radius 1 is 1.09 bits per heavy atom. The minimum Gasteiger partial charge on any atom is -0.368 e. The van der Waals surface area contributed by atoms with Gasteiger partial charge >= 0.3 is 0 Å². The number of rotatable bonds is 6. The average molecular weight is 476 g/mol. The van der Waals surface area contributed by atoms with E-state index in [0.29, 0.717) is 34.4 Å². The number of aryl methyl sites for hydroxylation is 3. The van der Waals surface area contributed by atoms with Crippen LogP contribution in [0.4, 0.5) is 4.39 Å². The van der Waals surface area contributed by atoms with Crippen LogP contribution in [0.3, 0.4) is 0 Å². The van der Waals surface area contributed by atoms with Gasteiger partial charge in [0, 0.05) is 26.1 Å². The van der Waals surface area contributed by atoms with Crippen LogP contribution in [0.25, 0.3) is 0 Å². The molecule has 7 nitrogen and oxygen atoms in total. The van der Waals surface area contributed by atoms with Crippen molar-refractivity contribution in [2.45, 2.75) is 44.6 Å². The van der Waals surface area contributed by atoms with Gasteiger partial charge in [-0.1, -0.05) is 29.8 Å². The second kappa shape index (κ2) is 9.61. The molecule has 1 heterocycles. The van der Waals surface area contributed by atoms with Crippen molar-refractivity contribution in [1.82, 2.24) is 9.21 Å². The van der Waals surface area contributed by atoms with Crippen LogP contribution in [-0.2, 0) is 19.6 Å². The van der Waals surface area contributed by atoms with Gasteiger partial charge < -0.3 is 10.6 Å². The fourth-order valence-corrected chi connectivity index (χ4v) is 6.60. The summed E-state index contributed by atoms with van der Waals surface area (Å²) in [6, 6.07) is 8.02. The largest absolute Gasteiger partial charge is 0.368 e. The lowest BCUT2D eigenvalue weighted by molar-refractivity contribution is -0.142. The van der Waals surface area contributed by atoms with Gasteiger partial charge in [-0.15, -0.1) is 0 Å². The molecular weight excluding hydrogens is 445 g/mol. The second-order valence-corrected chi connectivity index (χ2v) is 10.6. The quantitative estimate of drug-likeness (QED) is 0.694. The van der Waals surface area contributed by atoms with Crippen molar-refractivity contribution in [3.63, 3.8) is 0 Å². The molecule has 1 aliphatic heterocycles. The number of nitrogens with two attached hydrogens (primary N) is 1. The second-order valence-electron chi connectivity index (χ2n) is 8.72. The Morgan fingerprint density at radius 3 is 2.18 bits per heavy atom. The van der Waals surface area contributed by atoms with Gasteiger partial charge in [-0.2, -0.15) is 4.31 Å². The first-order chi connectivity index (χ1) is 15.4. The Balaban J connectivity index is 1.75. The van der Waals surface area contributed by atoms with Gasteiger partial charge in [-0.05, 0) is 62.4 Å². The summed E-state index contributed by atoms with van der Waals surface area (Å²) in [5.41, 5.74) is 8.22. The number of halogens is 1. The number of hydrogen-bond donors (Lipinski definition) is 1. The predicted octanol–water partition coefficient (Wildman–Crippen LogP) is 2.84. The highest BCUT2D eigenvalue weighted by molar-refractivity contribution is 7.89. The first kappa shape index (κ1) is 24.9. The minimum atomic E-state index is -3.69. The molecule has 2 aromatic carbocycles. The molecule has 1 atom stereocenters. The summed E-state index contributed by atoms with van der Waals surface area (Å²) in [6.45, 7) is 5.89. The fourth-order valence-electron chi connectivity index (χ4n) is 4.72. The summed E-state index contributed by atoms with van der Waals surface area (Å²) < 4.78 is 41.7. The summed E-state index contributed by atoms with van der Waals surface area (Å²) in [5.74, 6) is -2.07. The van der Waals surface area contributed by atoms with Crippen molar-refractivity contribution in [3.05, 3.63) is 64.5 Å². The topological polar surface area (TPSA) is 101 Å². The normalized spacial score (nSPS) is 16.4. The molecular formula is C24H30FN3O4S. The third kappa shape index (κ3) is 5.09. The minimum absolute atomic E-state index is 0.195. The molecule has 0 saturated carbocycles. The molecule has 1 aliphatic rings. The smallest absolute Gasteiger partial charge is 0.244 e. The van der Waals surface area contributed by atoms with Crippen molar-refractivity contribution in [1.29, 1.82) is 0 Å². The van der Waals surface area contributed by atoms with Crippen molar-refractivity contribution in [3.8, 4) is 0 Å². The van der Waals surface area contributed by atoms with Gasteiger partial charge in [0.25, 0.3) is 0 Å². The first-order valence-corrected chi connectivity index (χ1v) is 12.3. The predicted molar refractivity (Wildman–Crippen MR) is 123 cm³/mol. The number of benzene rings is 2. The maximum atomic E-state index is 13.7. The van der Waals surface area contributed by atoms with Gasteiger partial charge in [0.2, 0.25) is 21.8 Å². The zero-order chi connectivity index (χ0) is 24.5. The van der Waals surface area contributed by atoms with E-state index in [-0.39, 0.29) is 19.0 Å². The number of primary amides is 1. The van der Waals surface area contributed by atoms with Crippen LogP contribution in [-0.4, -0.2) is 49.6 Å². The maximum absolute atomic E-state index is 13.7. The van der Waals surface area contributed by atoms with E-state index in [1.54, 1.807) is 19.9 Å². The molecule has 2 amide bonds. The number of carbonyl (C=O) groups is 2. The van der Waals surface area contributed by atoms with Crippen molar-refractivity contribution < 1.29 is 22.4 Å². The number of sulfonamides is 1. The Bertz CT molecular complexity index is 1150. The molecule has 9 heteroatoms. The van der Waals surface area contributed by atoms with E-state index in [2.05, 4.69) is 0 Å². The monoisotopic (exact) mass is 475 g/mol. The van der Waals surface area contributed by atoms with E-state index in [4.69, 9.17) is 5.73 Å². The summed E-state index contributed by atoms with van der Waals surface area (Å²) in [5, 5.41) is 0. The SMILES string of the molecule is Cc1cc(C)c(S(=O)(=O)N2CCC(C(=O)N(C)C(C(N)=O)c3cccc(F)c3)CC2)c(C)c1. The number of piperidine rings is 1. The summed E-state index contributed by atoms with van der Waals surface area (Å²) in [6.07, 6.45) is 0.641. The maximum Gasteiger partial charge on any atom is 0.244 e. The van der Waals surface area contributed by atoms with Crippen LogP contribution in [0.5, 0.6) is 0 Å². The number of amides is 2. The van der Waals surface area contributed by atoms with E-state index >= 15 is 0 Å². The van der Waals surface area contributed by atoms with Crippen LogP contribution in [0, 0.1) is 32.5 Å². The molecule has 2 aromatic rings. The lowest BCUT2D eigenvalue weighted by atomic mass is 9.95. The molecule has 0 bridgehead atoms. The Morgan fingerprint density at radius 2 is 1.67 bits per heavy atom. The highest BCUT2D eigenvalue weighted by Gasteiger charge is 2.37. The number of hydrogen-bond acceptors (Lipinski definition) is 4. The Kier molecular flexibility index (Phi) is 7.23. The molecule has 3 rings (SSSR count). The van der Waals surface area contributed by atoms with Gasteiger partial charge in [-0.3, -0.25) is 9.59 Å². The molecule has 0 aromatic heterocycles. The molecule has 0 aliphatic carbocycles. The van der Waals surface area contributed by atoms with Crippen LogP contribution < -0.4 is 5.73 Å². The molecule has 0 radical (unpaired) electrons. The van der Waals surface area contributed by atoms with Gasteiger partial charge in [0.05, 0.1) is 4.90 Å². The Labute approximate surface area is 194 Å². The van der Waals surface area contributed by atoms with E-state index in [9.17, 15) is 22.4 Å². The summed E-state index contributed by atoms with van der Waals surface area (Å²) in [7, 11) is -2.23. The Hall–Kier alpha value is -2.78. The molecule has 33 heavy (non-hydrogen) atoms. The third-order valence-corrected chi connectivity index (χ3v) is 8.38. The van der Waals surface area contributed by atoms with Crippen molar-refractivity contribution in [2.24, 2.45) is 11.7 Å². The van der Waals surface area contributed by atoms with Crippen LogP contribution in [0.2, 0.25) is 0 Å². The lowest BCUT2D eigenvalue weighted by Crippen LogP contribution is -2.46. The summed E-state index contributed by atoms with van der Waals surface area (Å²) >= 11 is 0. The zero-order valence-corrected chi connectivity index (χ0v) is 20.2. The molecule has 1 fully saturated rings. The average Bonchev–Trinajstić information content (AvgIpc) is 2.72. The lowest BCUT2D eigenvalue weighted by Gasteiger charge is -2.35. The van der Waals surface area contributed by atoms with E-state index in [0.717, 1.165) is 5.56 Å². The zero-order valence-electron chi connectivity index (χ0n) is 19.3. The van der Waals surface area contributed by atoms with E-state index < -0.39 is 33.7 Å². The molecule has 1 unspecified atom stereocenters. The molecule has 2 N–H and O–H groups in total. The number of likely N-dealkylation sites (N-methyl/N-ethyl adjacent to an activating group) is 1. The van der Waals surface area contributed by atoms with Crippen LogP contribution >= 0.6 is 0 Å². The highest BCUT2D eigenvalue weighted by Crippen LogP contribution is 2.30. The van der Waals surface area contributed by atoms with Gasteiger partial charge in [-0.25, -0.2) is 12.8 Å². The van der Waals surface area contributed by atoms with Gasteiger partial charge in [0.1, 0.15) is 11.9 Å². The van der Waals surface area contributed by atoms with E-state index in [1.165, 1.54) is 34.5 Å². The van der Waals surface area contributed by atoms with Crippen molar-refractivity contribution in [2.75, 3.05) is 20.1 Å². The fraction of sp³-hybridized carbons (Fsp3) is 0.417. The number of carbonyl (C=O) groups excluding carboxylic acids is 2. The van der Waals surface area contributed by atoms with Crippen molar-refractivity contribution >= 4 is 21.8 Å². The standard InChI is InChI=1S/C24H30FN3O4S/c1-15-12-16(2)22(17(3)13-15)33(31,32)28-10-8-18(9-11-28)24(30)27(4)21(23(26)29)19-6-5-7-20(25)14-19/h5-7,12-14,18,21H,8-11H2,1-4H3,(H2,26,29). The molecule has 0 spiro atoms. The molecule has 1 saturated heterocycles. The van der Waals surface area contributed by atoms with Gasteiger partial charge in [0.15, 0.2) is 0 Å². The highest BCUT2D eigenvalue weighted by atomic mass is 32.2. The first-order valence-electron chi connectivity index (χ1n) is 10.8. The number of nitrogens with zero attached hydrogens (tertiary/aromatic N) is 2. The summed E-state index contributed by atoms with van der Waals surface area (Å²) in [4.78, 5) is 26.8. The third-order valence-electron chi connectivity index (χ3n) is 6.17.